The Morgan fingerprint density at radius 1 is 1.35 bits per heavy atom. The topological polar surface area (TPSA) is 50.1 Å². The minimum atomic E-state index is -1.35. The Labute approximate surface area is 96.6 Å². The molecular weight excluding hydrogens is 228 g/mol. The van der Waals surface area contributed by atoms with Crippen LogP contribution in [0.3, 0.4) is 0 Å². The zero-order valence-corrected chi connectivity index (χ0v) is 9.09. The number of carbonyl (C=O) groups excluding carboxylic acids is 1. The van der Waals surface area contributed by atoms with Crippen molar-refractivity contribution < 1.29 is 18.3 Å². The Morgan fingerprint density at radius 2 is 1.88 bits per heavy atom. The van der Waals surface area contributed by atoms with Gasteiger partial charge in [0, 0.05) is 30.5 Å². The van der Waals surface area contributed by atoms with Gasteiger partial charge in [0.15, 0.2) is 0 Å². The minimum absolute atomic E-state index is 0.0440. The lowest BCUT2D eigenvalue weighted by atomic mass is 9.64. The first-order valence-corrected chi connectivity index (χ1v) is 4.99. The summed E-state index contributed by atoms with van der Waals surface area (Å²) in [7, 11) is 1.29. The number of rotatable bonds is 2. The first-order chi connectivity index (χ1) is 8.02. The van der Waals surface area contributed by atoms with Gasteiger partial charge in [-0.25, -0.2) is 8.78 Å². The van der Waals surface area contributed by atoms with Crippen LogP contribution in [0.5, 0.6) is 5.75 Å². The third-order valence-electron chi connectivity index (χ3n) is 2.94. The maximum Gasteiger partial charge on any atom is 0.136 e. The number of hydrogen-bond donors (Lipinski definition) is 0. The maximum atomic E-state index is 13.7. The standard InChI is InChI=1S/C12H9F2NO2/c1-17-8-2-9(13)11(10(14)3-8)12(6-15)4-7(16)5-12/h2-3H,4-5H2,1H3. The fourth-order valence-corrected chi connectivity index (χ4v) is 2.06. The predicted molar refractivity (Wildman–Crippen MR) is 54.4 cm³/mol. The molecule has 3 nitrogen and oxygen atoms in total. The molecule has 0 spiro atoms. The highest BCUT2D eigenvalue weighted by atomic mass is 19.1. The van der Waals surface area contributed by atoms with Crippen LogP contribution >= 0.6 is 0 Å². The summed E-state index contributed by atoms with van der Waals surface area (Å²) >= 11 is 0. The van der Waals surface area contributed by atoms with Crippen LogP contribution in [-0.2, 0) is 10.2 Å². The normalized spacial score (nSPS) is 17.2. The number of halogens is 2. The molecule has 0 aliphatic heterocycles. The van der Waals surface area contributed by atoms with Crippen molar-refractivity contribution in [3.8, 4) is 11.8 Å². The van der Waals surface area contributed by atoms with Crippen LogP contribution in [-0.4, -0.2) is 12.9 Å². The van der Waals surface area contributed by atoms with Crippen LogP contribution in [0, 0.1) is 23.0 Å². The van der Waals surface area contributed by atoms with Crippen LogP contribution in [0.1, 0.15) is 18.4 Å². The summed E-state index contributed by atoms with van der Waals surface area (Å²) < 4.78 is 32.2. The first-order valence-electron chi connectivity index (χ1n) is 4.99. The molecule has 5 heteroatoms. The van der Waals surface area contributed by atoms with Gasteiger partial charge >= 0.3 is 0 Å². The Kier molecular flexibility index (Phi) is 2.58. The van der Waals surface area contributed by atoms with Crippen molar-refractivity contribution in [2.75, 3.05) is 7.11 Å². The highest BCUT2D eigenvalue weighted by molar-refractivity contribution is 5.90. The third-order valence-corrected chi connectivity index (χ3v) is 2.94. The lowest BCUT2D eigenvalue weighted by molar-refractivity contribution is -0.126. The van der Waals surface area contributed by atoms with E-state index in [1.165, 1.54) is 7.11 Å². The number of nitriles is 1. The van der Waals surface area contributed by atoms with E-state index in [0.29, 0.717) is 0 Å². The van der Waals surface area contributed by atoms with Gasteiger partial charge in [0.25, 0.3) is 0 Å². The van der Waals surface area contributed by atoms with Gasteiger partial charge in [0.2, 0.25) is 0 Å². The van der Waals surface area contributed by atoms with E-state index >= 15 is 0 Å². The lowest BCUT2D eigenvalue weighted by Gasteiger charge is -2.34. The van der Waals surface area contributed by atoms with E-state index in [9.17, 15) is 13.6 Å². The van der Waals surface area contributed by atoms with E-state index in [0.717, 1.165) is 12.1 Å². The molecule has 0 aromatic heterocycles. The molecule has 1 aromatic rings. The number of nitrogens with zero attached hydrogens (tertiary/aromatic N) is 1. The molecule has 0 saturated heterocycles. The molecule has 17 heavy (non-hydrogen) atoms. The third kappa shape index (κ3) is 1.66. The first kappa shape index (κ1) is 11.5. The zero-order valence-electron chi connectivity index (χ0n) is 9.09. The van der Waals surface area contributed by atoms with Gasteiger partial charge in [0.1, 0.15) is 28.6 Å². The smallest absolute Gasteiger partial charge is 0.136 e. The van der Waals surface area contributed by atoms with Crippen molar-refractivity contribution in [1.29, 1.82) is 5.26 Å². The van der Waals surface area contributed by atoms with Gasteiger partial charge in [0.05, 0.1) is 13.2 Å². The summed E-state index contributed by atoms with van der Waals surface area (Å²) in [6.45, 7) is 0. The molecule has 1 fully saturated rings. The van der Waals surface area contributed by atoms with Gasteiger partial charge in [-0.3, -0.25) is 4.79 Å². The minimum Gasteiger partial charge on any atom is -0.497 e. The summed E-state index contributed by atoms with van der Waals surface area (Å²) in [5.41, 5.74) is -1.68. The Morgan fingerprint density at radius 3 is 2.24 bits per heavy atom. The summed E-state index contributed by atoms with van der Waals surface area (Å²) in [4.78, 5) is 11.0. The summed E-state index contributed by atoms with van der Waals surface area (Å²) in [6.07, 6.45) is -0.270. The van der Waals surface area contributed by atoms with E-state index in [-0.39, 0.29) is 29.9 Å². The van der Waals surface area contributed by atoms with Crippen LogP contribution < -0.4 is 4.74 Å². The number of benzene rings is 1. The number of hydrogen-bond acceptors (Lipinski definition) is 3. The van der Waals surface area contributed by atoms with Crippen molar-refractivity contribution in [2.45, 2.75) is 18.3 Å². The number of ether oxygens (including phenoxy) is 1. The van der Waals surface area contributed by atoms with Crippen LogP contribution in [0.15, 0.2) is 12.1 Å². The quantitative estimate of drug-likeness (QED) is 0.791. The summed E-state index contributed by atoms with van der Waals surface area (Å²) in [6, 6.07) is 3.87. The molecule has 0 unspecified atom stereocenters. The van der Waals surface area contributed by atoms with Gasteiger partial charge < -0.3 is 4.74 Å². The molecule has 0 bridgehead atoms. The molecule has 0 heterocycles. The average molecular weight is 237 g/mol. The van der Waals surface area contributed by atoms with Gasteiger partial charge in [-0.2, -0.15) is 5.26 Å². The highest BCUT2D eigenvalue weighted by Gasteiger charge is 2.48. The largest absolute Gasteiger partial charge is 0.497 e. The van der Waals surface area contributed by atoms with Gasteiger partial charge in [-0.15, -0.1) is 0 Å². The summed E-state index contributed by atoms with van der Waals surface area (Å²) in [5.74, 6) is -1.82. The Hall–Kier alpha value is -1.96. The van der Waals surface area contributed by atoms with E-state index in [1.807, 2.05) is 6.07 Å². The van der Waals surface area contributed by atoms with Crippen molar-refractivity contribution >= 4 is 5.78 Å². The van der Waals surface area contributed by atoms with E-state index < -0.39 is 17.0 Å². The number of Topliss-reactive ketones (excluding diaryl/α,β-unsaturated/α-hetero) is 1. The Balaban J connectivity index is 2.53. The second-order valence-electron chi connectivity index (χ2n) is 4.05. The average Bonchev–Trinajstić information content (AvgIpc) is 2.24. The van der Waals surface area contributed by atoms with E-state index in [1.54, 1.807) is 0 Å². The maximum absolute atomic E-state index is 13.7. The molecule has 1 aromatic carbocycles. The van der Waals surface area contributed by atoms with Crippen LogP contribution in [0.2, 0.25) is 0 Å². The molecule has 0 N–H and O–H groups in total. The molecule has 88 valence electrons. The van der Waals surface area contributed by atoms with E-state index in [4.69, 9.17) is 10.00 Å². The fraction of sp³-hybridized carbons (Fsp3) is 0.333. The molecular formula is C12H9F2NO2. The summed E-state index contributed by atoms with van der Waals surface area (Å²) in [5, 5.41) is 9.02. The Bertz CT molecular complexity index is 503. The van der Waals surface area contributed by atoms with Crippen LogP contribution in [0.4, 0.5) is 8.78 Å². The number of ketones is 1. The van der Waals surface area contributed by atoms with Crippen molar-refractivity contribution in [3.05, 3.63) is 29.3 Å². The molecule has 0 amide bonds. The molecule has 2 rings (SSSR count). The second kappa shape index (κ2) is 3.81. The predicted octanol–water partition coefficient (Wildman–Crippen LogP) is 2.10. The van der Waals surface area contributed by atoms with Crippen molar-refractivity contribution in [3.63, 3.8) is 0 Å². The monoisotopic (exact) mass is 237 g/mol. The van der Waals surface area contributed by atoms with Crippen molar-refractivity contribution in [2.24, 2.45) is 0 Å². The second-order valence-corrected chi connectivity index (χ2v) is 4.05. The van der Waals surface area contributed by atoms with Crippen LogP contribution in [0.25, 0.3) is 0 Å². The fourth-order valence-electron chi connectivity index (χ4n) is 2.06. The van der Waals surface area contributed by atoms with Crippen molar-refractivity contribution in [1.82, 2.24) is 0 Å². The molecule has 0 atom stereocenters. The zero-order chi connectivity index (χ0) is 12.6. The highest BCUT2D eigenvalue weighted by Crippen LogP contribution is 2.43. The van der Waals surface area contributed by atoms with E-state index in [2.05, 4.69) is 0 Å². The van der Waals surface area contributed by atoms with Gasteiger partial charge in [-0.1, -0.05) is 0 Å². The molecule has 0 radical (unpaired) electrons. The molecule has 1 saturated carbocycles. The molecule has 1 aliphatic rings. The number of carbonyl (C=O) groups is 1. The van der Waals surface area contributed by atoms with Gasteiger partial charge in [-0.05, 0) is 0 Å². The lowest BCUT2D eigenvalue weighted by Crippen LogP contribution is -2.41. The SMILES string of the molecule is COc1cc(F)c(C2(C#N)CC(=O)C2)c(F)c1. The number of methoxy groups -OCH3 is 1. The molecule has 1 aliphatic carbocycles.